The minimum absolute atomic E-state index is 0.0720. The largest absolute Gasteiger partial charge is 0.435 e. The van der Waals surface area contributed by atoms with Gasteiger partial charge in [-0.25, -0.2) is 17.6 Å². The molecule has 1 saturated carbocycles. The maximum atomic E-state index is 13.6. The van der Waals surface area contributed by atoms with Gasteiger partial charge in [-0.1, -0.05) is 0 Å². The normalized spacial score (nSPS) is 26.1. The number of aliphatic hydroxyl groups excluding tert-OH is 1. The van der Waals surface area contributed by atoms with Crippen LogP contribution in [0.15, 0.2) is 0 Å². The first-order valence-corrected chi connectivity index (χ1v) is 7.51. The predicted octanol–water partition coefficient (Wildman–Crippen LogP) is 3.95. The average Bonchev–Trinajstić information content (AvgIpc) is 2.77. The van der Waals surface area contributed by atoms with E-state index in [1.54, 1.807) is 0 Å². The molecule has 1 N–H and O–H groups in total. The van der Waals surface area contributed by atoms with Crippen molar-refractivity contribution in [3.05, 3.63) is 17.0 Å². The number of alkyl halides is 7. The zero-order chi connectivity index (χ0) is 17.9. The summed E-state index contributed by atoms with van der Waals surface area (Å²) < 4.78 is 92.9. The van der Waals surface area contributed by atoms with Gasteiger partial charge in [-0.3, -0.25) is 4.68 Å². The molecule has 2 aliphatic rings. The lowest BCUT2D eigenvalue weighted by molar-refractivity contribution is -0.150. The van der Waals surface area contributed by atoms with E-state index >= 15 is 0 Å². The number of aromatic nitrogens is 2. The maximum absolute atomic E-state index is 13.6. The Hall–Kier alpha value is -1.32. The molecule has 0 spiro atoms. The molecule has 10 heteroatoms. The van der Waals surface area contributed by atoms with Crippen molar-refractivity contribution < 1.29 is 35.8 Å². The highest BCUT2D eigenvalue weighted by Crippen LogP contribution is 2.47. The van der Waals surface area contributed by atoms with Gasteiger partial charge in [0.2, 0.25) is 5.92 Å². The van der Waals surface area contributed by atoms with Crippen molar-refractivity contribution in [1.29, 1.82) is 0 Å². The van der Waals surface area contributed by atoms with Crippen LogP contribution in [0.1, 0.15) is 48.7 Å². The smallest absolute Gasteiger partial charge is 0.382 e. The van der Waals surface area contributed by atoms with Crippen molar-refractivity contribution in [1.82, 2.24) is 9.78 Å². The molecule has 3 nitrogen and oxygen atoms in total. The van der Waals surface area contributed by atoms with Crippen LogP contribution in [0.25, 0.3) is 0 Å². The van der Waals surface area contributed by atoms with E-state index in [-0.39, 0.29) is 43.8 Å². The van der Waals surface area contributed by atoms with Crippen molar-refractivity contribution in [2.75, 3.05) is 0 Å². The van der Waals surface area contributed by atoms with Crippen LogP contribution < -0.4 is 0 Å². The summed E-state index contributed by atoms with van der Waals surface area (Å²) in [5, 5.41) is 13.0. The van der Waals surface area contributed by atoms with Gasteiger partial charge >= 0.3 is 6.18 Å². The summed E-state index contributed by atoms with van der Waals surface area (Å²) in [6, 6.07) is 0. The fourth-order valence-electron chi connectivity index (χ4n) is 3.38. The molecule has 1 atom stereocenters. The minimum atomic E-state index is -4.98. The first-order valence-electron chi connectivity index (χ1n) is 7.51. The molecule has 24 heavy (non-hydrogen) atoms. The van der Waals surface area contributed by atoms with Crippen molar-refractivity contribution in [3.8, 4) is 0 Å². The predicted molar refractivity (Wildman–Crippen MR) is 67.7 cm³/mol. The third kappa shape index (κ3) is 3.00. The first-order chi connectivity index (χ1) is 10.9. The molecule has 1 heterocycles. The Morgan fingerprint density at radius 1 is 1.17 bits per heavy atom. The average molecular weight is 360 g/mol. The van der Waals surface area contributed by atoms with Gasteiger partial charge in [-0.05, 0) is 18.8 Å². The van der Waals surface area contributed by atoms with Gasteiger partial charge in [0.15, 0.2) is 5.69 Å². The number of hydrogen-bond acceptors (Lipinski definition) is 2. The lowest BCUT2D eigenvalue weighted by Gasteiger charge is -2.35. The van der Waals surface area contributed by atoms with Crippen molar-refractivity contribution in [2.45, 2.75) is 62.8 Å². The van der Waals surface area contributed by atoms with Gasteiger partial charge in [0.05, 0.1) is 0 Å². The third-order valence-corrected chi connectivity index (χ3v) is 4.66. The van der Waals surface area contributed by atoms with Crippen LogP contribution in [0, 0.1) is 5.92 Å². The van der Waals surface area contributed by atoms with E-state index < -0.39 is 41.8 Å². The van der Waals surface area contributed by atoms with Gasteiger partial charge in [0.25, 0.3) is 5.92 Å². The van der Waals surface area contributed by atoms with E-state index in [1.165, 1.54) is 0 Å². The number of nitrogens with zero attached hydrogens (tertiary/aromatic N) is 2. The summed E-state index contributed by atoms with van der Waals surface area (Å²) in [6.45, 7) is -0.0720. The fourth-order valence-corrected chi connectivity index (χ4v) is 3.38. The van der Waals surface area contributed by atoms with E-state index in [1.807, 2.05) is 0 Å². The van der Waals surface area contributed by atoms with E-state index in [0.29, 0.717) is 0 Å². The molecule has 0 aromatic carbocycles. The van der Waals surface area contributed by atoms with Gasteiger partial charge in [-0.2, -0.15) is 18.3 Å². The lowest BCUT2D eigenvalue weighted by atomic mass is 9.79. The minimum Gasteiger partial charge on any atom is -0.382 e. The zero-order valence-electron chi connectivity index (χ0n) is 12.4. The molecular formula is C14H15F7N2O. The standard InChI is InChI=1S/C14H15F7N2O/c15-12(16)5-7(6-12)2-4-23-8-1-3-13(17,18)11(24)9(8)10(22-23)14(19,20)21/h7,11,24H,1-6H2. The number of aliphatic hydroxyl groups is 1. The highest BCUT2D eigenvalue weighted by molar-refractivity contribution is 5.35. The molecule has 0 amide bonds. The summed E-state index contributed by atoms with van der Waals surface area (Å²) in [7, 11) is 0. The van der Waals surface area contributed by atoms with Gasteiger partial charge in [0.1, 0.15) is 6.10 Å². The number of fused-ring (bicyclic) bond motifs is 1. The van der Waals surface area contributed by atoms with E-state index in [9.17, 15) is 35.8 Å². The quantitative estimate of drug-likeness (QED) is 0.829. The maximum Gasteiger partial charge on any atom is 0.435 e. The third-order valence-electron chi connectivity index (χ3n) is 4.66. The summed E-state index contributed by atoms with van der Waals surface area (Å²) in [6.07, 6.45) is -9.16. The Kier molecular flexibility index (Phi) is 3.89. The molecule has 0 aliphatic heterocycles. The SMILES string of the molecule is OC1c2c(C(F)(F)F)nn(CCC3CC(F)(F)C3)c2CCC1(F)F. The van der Waals surface area contributed by atoms with Gasteiger partial charge in [0, 0.05) is 37.1 Å². The van der Waals surface area contributed by atoms with Crippen LogP contribution in [-0.4, -0.2) is 26.7 Å². The van der Waals surface area contributed by atoms with Crippen LogP contribution in [0.5, 0.6) is 0 Å². The molecule has 136 valence electrons. The molecule has 1 aromatic rings. The van der Waals surface area contributed by atoms with Crippen LogP contribution in [-0.2, 0) is 19.1 Å². The second kappa shape index (κ2) is 5.34. The fraction of sp³-hybridized carbons (Fsp3) is 0.786. The summed E-state index contributed by atoms with van der Waals surface area (Å²) in [4.78, 5) is 0. The van der Waals surface area contributed by atoms with Gasteiger partial charge < -0.3 is 5.11 Å². The molecular weight excluding hydrogens is 345 g/mol. The topological polar surface area (TPSA) is 38.1 Å². The molecule has 1 unspecified atom stereocenters. The second-order valence-electron chi connectivity index (χ2n) is 6.51. The van der Waals surface area contributed by atoms with Crippen molar-refractivity contribution >= 4 is 0 Å². The summed E-state index contributed by atoms with van der Waals surface area (Å²) in [5.74, 6) is -6.72. The Labute approximate surface area is 132 Å². The van der Waals surface area contributed by atoms with Gasteiger partial charge in [-0.15, -0.1) is 0 Å². The Morgan fingerprint density at radius 2 is 1.79 bits per heavy atom. The molecule has 0 radical (unpaired) electrons. The van der Waals surface area contributed by atoms with Crippen molar-refractivity contribution in [2.24, 2.45) is 5.92 Å². The first kappa shape index (κ1) is 17.5. The van der Waals surface area contributed by atoms with Crippen molar-refractivity contribution in [3.63, 3.8) is 0 Å². The summed E-state index contributed by atoms with van der Waals surface area (Å²) >= 11 is 0. The number of halogens is 7. The van der Waals surface area contributed by atoms with Crippen LogP contribution in [0.2, 0.25) is 0 Å². The molecule has 2 aliphatic carbocycles. The molecule has 0 saturated heterocycles. The number of aryl methyl sites for hydroxylation is 1. The van der Waals surface area contributed by atoms with E-state index in [0.717, 1.165) is 4.68 Å². The zero-order valence-corrected chi connectivity index (χ0v) is 12.4. The Bertz CT molecular complexity index is 630. The monoisotopic (exact) mass is 360 g/mol. The molecule has 3 rings (SSSR count). The van der Waals surface area contributed by atoms with E-state index in [4.69, 9.17) is 0 Å². The molecule has 1 aromatic heterocycles. The summed E-state index contributed by atoms with van der Waals surface area (Å²) in [5.41, 5.74) is -2.51. The molecule has 1 fully saturated rings. The van der Waals surface area contributed by atoms with Crippen LogP contribution >= 0.6 is 0 Å². The lowest BCUT2D eigenvalue weighted by Crippen LogP contribution is -2.36. The highest BCUT2D eigenvalue weighted by Gasteiger charge is 2.51. The highest BCUT2D eigenvalue weighted by atomic mass is 19.4. The number of rotatable bonds is 3. The Balaban J connectivity index is 1.86. The molecule has 0 bridgehead atoms. The van der Waals surface area contributed by atoms with Crippen LogP contribution in [0.4, 0.5) is 30.7 Å². The van der Waals surface area contributed by atoms with Crippen LogP contribution in [0.3, 0.4) is 0 Å². The second-order valence-corrected chi connectivity index (χ2v) is 6.51. The number of hydrogen-bond donors (Lipinski definition) is 1. The van der Waals surface area contributed by atoms with E-state index in [2.05, 4.69) is 5.10 Å². The Morgan fingerprint density at radius 3 is 2.33 bits per heavy atom.